The Labute approximate surface area is 182 Å². The minimum Gasteiger partial charge on any atom is -0.341 e. The molecular formula is C26H26FN3O. The van der Waals surface area contributed by atoms with Gasteiger partial charge in [-0.2, -0.15) is 5.26 Å². The van der Waals surface area contributed by atoms with Crippen molar-refractivity contribution < 1.29 is 9.18 Å². The number of fused-ring (bicyclic) bond motifs is 1. The highest BCUT2D eigenvalue weighted by Gasteiger charge is 2.37. The number of piperidine rings is 1. The van der Waals surface area contributed by atoms with E-state index in [1.807, 2.05) is 55.6 Å². The number of nitriles is 1. The molecule has 0 unspecified atom stereocenters. The predicted molar refractivity (Wildman–Crippen MR) is 120 cm³/mol. The van der Waals surface area contributed by atoms with Crippen LogP contribution >= 0.6 is 0 Å². The van der Waals surface area contributed by atoms with Crippen LogP contribution in [-0.2, 0) is 16.8 Å². The van der Waals surface area contributed by atoms with Crippen molar-refractivity contribution in [3.63, 3.8) is 0 Å². The van der Waals surface area contributed by atoms with E-state index in [4.69, 9.17) is 0 Å². The zero-order valence-electron chi connectivity index (χ0n) is 17.7. The fourth-order valence-corrected chi connectivity index (χ4v) is 4.63. The molecule has 1 heterocycles. The van der Waals surface area contributed by atoms with Gasteiger partial charge in [0.2, 0.25) is 5.91 Å². The van der Waals surface area contributed by atoms with Crippen LogP contribution in [0.1, 0.15) is 36.0 Å². The maximum absolute atomic E-state index is 13.5. The molecule has 5 heteroatoms. The highest BCUT2D eigenvalue weighted by molar-refractivity contribution is 5.87. The van der Waals surface area contributed by atoms with Crippen molar-refractivity contribution in [1.29, 1.82) is 5.26 Å². The molecule has 0 atom stereocenters. The molecular weight excluding hydrogens is 389 g/mol. The van der Waals surface area contributed by atoms with Crippen molar-refractivity contribution in [2.75, 3.05) is 20.1 Å². The van der Waals surface area contributed by atoms with Crippen LogP contribution in [0.4, 0.5) is 4.39 Å². The van der Waals surface area contributed by atoms with Crippen LogP contribution in [0.15, 0.2) is 60.7 Å². The van der Waals surface area contributed by atoms with E-state index in [1.54, 1.807) is 4.90 Å². The normalized spacial score (nSPS) is 15.4. The summed E-state index contributed by atoms with van der Waals surface area (Å²) >= 11 is 0. The SMILES string of the molecule is CN(Cc1cc(C#N)cc2ccccc12)C(=O)CC1(c2ccc(F)cc2)CCNCC1. The van der Waals surface area contributed by atoms with E-state index in [2.05, 4.69) is 11.4 Å². The van der Waals surface area contributed by atoms with Crippen molar-refractivity contribution in [3.8, 4) is 6.07 Å². The molecule has 0 spiro atoms. The average molecular weight is 416 g/mol. The van der Waals surface area contributed by atoms with E-state index >= 15 is 0 Å². The lowest BCUT2D eigenvalue weighted by molar-refractivity contribution is -0.132. The summed E-state index contributed by atoms with van der Waals surface area (Å²) in [5.41, 5.74) is 2.29. The number of rotatable bonds is 5. The third kappa shape index (κ3) is 4.45. The first kappa shape index (κ1) is 21.0. The number of halogens is 1. The smallest absolute Gasteiger partial charge is 0.223 e. The maximum Gasteiger partial charge on any atom is 0.223 e. The number of nitrogens with one attached hydrogen (secondary N) is 1. The van der Waals surface area contributed by atoms with Crippen molar-refractivity contribution in [2.24, 2.45) is 0 Å². The number of hydrogen-bond donors (Lipinski definition) is 1. The first-order valence-corrected chi connectivity index (χ1v) is 10.6. The van der Waals surface area contributed by atoms with Gasteiger partial charge in [-0.25, -0.2) is 4.39 Å². The van der Waals surface area contributed by atoms with Gasteiger partial charge in [0.25, 0.3) is 0 Å². The summed E-state index contributed by atoms with van der Waals surface area (Å²) in [6.45, 7) is 2.11. The van der Waals surface area contributed by atoms with Gasteiger partial charge in [-0.15, -0.1) is 0 Å². The molecule has 1 N–H and O–H groups in total. The average Bonchev–Trinajstić information content (AvgIpc) is 2.79. The van der Waals surface area contributed by atoms with Crippen LogP contribution in [0, 0.1) is 17.1 Å². The van der Waals surface area contributed by atoms with Gasteiger partial charge in [-0.3, -0.25) is 4.79 Å². The molecule has 31 heavy (non-hydrogen) atoms. The van der Waals surface area contributed by atoms with Crippen molar-refractivity contribution in [3.05, 3.63) is 83.2 Å². The zero-order valence-corrected chi connectivity index (χ0v) is 17.7. The van der Waals surface area contributed by atoms with Crippen LogP contribution in [0.2, 0.25) is 0 Å². The van der Waals surface area contributed by atoms with Crippen molar-refractivity contribution in [1.82, 2.24) is 10.2 Å². The van der Waals surface area contributed by atoms with Gasteiger partial charge in [-0.1, -0.05) is 36.4 Å². The number of carbonyl (C=O) groups excluding carboxylic acids is 1. The van der Waals surface area contributed by atoms with Crippen molar-refractivity contribution >= 4 is 16.7 Å². The molecule has 1 aliphatic heterocycles. The van der Waals surface area contributed by atoms with Crippen LogP contribution in [0.3, 0.4) is 0 Å². The van der Waals surface area contributed by atoms with E-state index in [0.29, 0.717) is 18.5 Å². The Hall–Kier alpha value is -3.23. The maximum atomic E-state index is 13.5. The summed E-state index contributed by atoms with van der Waals surface area (Å²) in [6.07, 6.45) is 2.06. The Kier molecular flexibility index (Phi) is 6.01. The molecule has 1 amide bonds. The fourth-order valence-electron chi connectivity index (χ4n) is 4.63. The van der Waals surface area contributed by atoms with Gasteiger partial charge in [0.1, 0.15) is 5.82 Å². The molecule has 3 aromatic rings. The topological polar surface area (TPSA) is 56.1 Å². The van der Waals surface area contributed by atoms with E-state index in [1.165, 1.54) is 12.1 Å². The highest BCUT2D eigenvalue weighted by Crippen LogP contribution is 2.37. The Morgan fingerprint density at radius 3 is 2.55 bits per heavy atom. The largest absolute Gasteiger partial charge is 0.341 e. The first-order chi connectivity index (χ1) is 15.0. The highest BCUT2D eigenvalue weighted by atomic mass is 19.1. The second-order valence-electron chi connectivity index (χ2n) is 8.43. The van der Waals surface area contributed by atoms with Gasteiger partial charge >= 0.3 is 0 Å². The lowest BCUT2D eigenvalue weighted by atomic mass is 9.70. The van der Waals surface area contributed by atoms with Gasteiger partial charge < -0.3 is 10.2 Å². The Morgan fingerprint density at radius 1 is 1.13 bits per heavy atom. The molecule has 0 bridgehead atoms. The summed E-state index contributed by atoms with van der Waals surface area (Å²) in [6, 6.07) is 20.5. The minimum absolute atomic E-state index is 0.0534. The second kappa shape index (κ2) is 8.87. The van der Waals surface area contributed by atoms with Crippen LogP contribution in [0.25, 0.3) is 10.8 Å². The summed E-state index contributed by atoms with van der Waals surface area (Å²) < 4.78 is 13.5. The summed E-state index contributed by atoms with van der Waals surface area (Å²) in [5.74, 6) is -0.210. The number of nitrogens with zero attached hydrogens (tertiary/aromatic N) is 2. The molecule has 1 saturated heterocycles. The van der Waals surface area contributed by atoms with Gasteiger partial charge in [0.15, 0.2) is 0 Å². The third-order valence-electron chi connectivity index (χ3n) is 6.42. The zero-order chi connectivity index (χ0) is 21.8. The molecule has 4 nitrogen and oxygen atoms in total. The number of carbonyl (C=O) groups is 1. The number of benzene rings is 3. The third-order valence-corrected chi connectivity index (χ3v) is 6.42. The van der Waals surface area contributed by atoms with E-state index in [9.17, 15) is 14.4 Å². The summed E-state index contributed by atoms with van der Waals surface area (Å²) in [7, 11) is 1.82. The molecule has 1 fully saturated rings. The quantitative estimate of drug-likeness (QED) is 0.667. The molecule has 0 radical (unpaired) electrons. The fraction of sp³-hybridized carbons (Fsp3) is 0.308. The standard InChI is InChI=1S/C26H26FN3O/c1-30(18-21-15-19(17-28)14-20-4-2-3-5-24(20)21)25(31)16-26(10-12-29-13-11-26)22-6-8-23(27)9-7-22/h2-9,14-15,29H,10-13,16,18H2,1H3. The monoisotopic (exact) mass is 415 g/mol. The molecule has 0 aromatic heterocycles. The molecule has 3 aromatic carbocycles. The van der Waals surface area contributed by atoms with Gasteiger partial charge in [0.05, 0.1) is 11.6 Å². The molecule has 1 aliphatic rings. The molecule has 0 aliphatic carbocycles. The second-order valence-corrected chi connectivity index (χ2v) is 8.43. The summed E-state index contributed by atoms with van der Waals surface area (Å²) in [5, 5.41) is 14.8. The molecule has 158 valence electrons. The number of hydrogen-bond acceptors (Lipinski definition) is 3. The van der Waals surface area contributed by atoms with Crippen LogP contribution < -0.4 is 5.32 Å². The van der Waals surface area contributed by atoms with E-state index < -0.39 is 0 Å². The summed E-state index contributed by atoms with van der Waals surface area (Å²) in [4.78, 5) is 15.1. The van der Waals surface area contributed by atoms with Gasteiger partial charge in [-0.05, 0) is 72.1 Å². The van der Waals surface area contributed by atoms with Gasteiger partial charge in [0, 0.05) is 25.4 Å². The van der Waals surface area contributed by atoms with E-state index in [-0.39, 0.29) is 17.1 Å². The Bertz CT molecular complexity index is 1130. The van der Waals surface area contributed by atoms with Crippen LogP contribution in [-0.4, -0.2) is 30.9 Å². The predicted octanol–water partition coefficient (Wildman–Crippen LogP) is 4.52. The minimum atomic E-state index is -0.291. The van der Waals surface area contributed by atoms with Crippen LogP contribution in [0.5, 0.6) is 0 Å². The molecule has 0 saturated carbocycles. The lowest BCUT2D eigenvalue weighted by Crippen LogP contribution is -2.43. The van der Waals surface area contributed by atoms with Crippen molar-refractivity contribution in [2.45, 2.75) is 31.2 Å². The number of amides is 1. The first-order valence-electron chi connectivity index (χ1n) is 10.6. The molecule has 4 rings (SSSR count). The Balaban J connectivity index is 1.58. The Morgan fingerprint density at radius 2 is 1.84 bits per heavy atom. The lowest BCUT2D eigenvalue weighted by Gasteiger charge is -2.39. The van der Waals surface area contributed by atoms with E-state index in [0.717, 1.165) is 47.8 Å².